The Labute approximate surface area is 141 Å². The summed E-state index contributed by atoms with van der Waals surface area (Å²) < 4.78 is 1.62. The predicted molar refractivity (Wildman–Crippen MR) is 88.3 cm³/mol. The van der Waals surface area contributed by atoms with Gasteiger partial charge in [-0.3, -0.25) is 4.79 Å². The number of hydrogen-bond donors (Lipinski definition) is 1. The lowest BCUT2D eigenvalue weighted by atomic mass is 9.91. The number of halogens is 1. The standard InChI is InChI=1S/C15H12ClN5OS/c1-8-14-9(10-3-2-6-23-10)7-13(22)17-15(14)21(20-8)12-5-4-11(16)18-19-12/h2-6,9H,7H2,1H3,(H,17,22). The first kappa shape index (κ1) is 14.3. The summed E-state index contributed by atoms with van der Waals surface area (Å²) in [6, 6.07) is 7.42. The maximum Gasteiger partial charge on any atom is 0.226 e. The van der Waals surface area contributed by atoms with Crippen LogP contribution in [0.15, 0.2) is 29.6 Å². The SMILES string of the molecule is Cc1nn(-c2ccc(Cl)nn2)c2c1C(c1cccs1)CC(=O)N2. The van der Waals surface area contributed by atoms with Gasteiger partial charge in [-0.1, -0.05) is 17.7 Å². The van der Waals surface area contributed by atoms with Gasteiger partial charge in [-0.25, -0.2) is 0 Å². The molecule has 1 aliphatic rings. The molecule has 0 bridgehead atoms. The molecule has 23 heavy (non-hydrogen) atoms. The first-order chi connectivity index (χ1) is 11.1. The maximum absolute atomic E-state index is 12.2. The Kier molecular flexibility index (Phi) is 3.39. The largest absolute Gasteiger partial charge is 0.310 e. The monoisotopic (exact) mass is 345 g/mol. The zero-order chi connectivity index (χ0) is 16.0. The highest BCUT2D eigenvalue weighted by Crippen LogP contribution is 2.41. The van der Waals surface area contributed by atoms with Gasteiger partial charge in [0.2, 0.25) is 5.91 Å². The third kappa shape index (κ3) is 2.42. The van der Waals surface area contributed by atoms with Crippen LogP contribution in [0.1, 0.15) is 28.5 Å². The number of nitrogens with one attached hydrogen (secondary N) is 1. The Morgan fingerprint density at radius 1 is 1.35 bits per heavy atom. The average molecular weight is 346 g/mol. The lowest BCUT2D eigenvalue weighted by Crippen LogP contribution is -2.24. The van der Waals surface area contributed by atoms with Gasteiger partial charge < -0.3 is 5.32 Å². The first-order valence-electron chi connectivity index (χ1n) is 7.06. The number of hydrogen-bond acceptors (Lipinski definition) is 5. The summed E-state index contributed by atoms with van der Waals surface area (Å²) in [4.78, 5) is 13.3. The Hall–Kier alpha value is -2.25. The van der Waals surface area contributed by atoms with Crippen molar-refractivity contribution in [2.24, 2.45) is 0 Å². The second-order valence-electron chi connectivity index (χ2n) is 5.29. The minimum Gasteiger partial charge on any atom is -0.310 e. The lowest BCUT2D eigenvalue weighted by Gasteiger charge is -2.22. The van der Waals surface area contributed by atoms with E-state index in [4.69, 9.17) is 11.6 Å². The second kappa shape index (κ2) is 5.43. The highest BCUT2D eigenvalue weighted by molar-refractivity contribution is 7.10. The fourth-order valence-electron chi connectivity index (χ4n) is 2.87. The quantitative estimate of drug-likeness (QED) is 0.774. The van der Waals surface area contributed by atoms with E-state index >= 15 is 0 Å². The molecule has 4 heterocycles. The van der Waals surface area contributed by atoms with Crippen LogP contribution in [-0.4, -0.2) is 25.9 Å². The summed E-state index contributed by atoms with van der Waals surface area (Å²) in [6.45, 7) is 1.94. The van der Waals surface area contributed by atoms with Crippen molar-refractivity contribution in [3.05, 3.63) is 50.9 Å². The molecule has 0 spiro atoms. The number of amides is 1. The number of carbonyl (C=O) groups is 1. The van der Waals surface area contributed by atoms with Gasteiger partial charge in [0.05, 0.1) is 5.69 Å². The minimum absolute atomic E-state index is 0.0211. The van der Waals surface area contributed by atoms with Crippen LogP contribution < -0.4 is 5.32 Å². The third-order valence-electron chi connectivity index (χ3n) is 3.82. The molecule has 4 rings (SSSR count). The number of aryl methyl sites for hydroxylation is 1. The van der Waals surface area contributed by atoms with Crippen molar-refractivity contribution in [2.45, 2.75) is 19.3 Å². The van der Waals surface area contributed by atoms with Crippen LogP contribution in [0.25, 0.3) is 5.82 Å². The van der Waals surface area contributed by atoms with Crippen LogP contribution in [0.2, 0.25) is 5.15 Å². The van der Waals surface area contributed by atoms with E-state index in [1.165, 1.54) is 0 Å². The highest BCUT2D eigenvalue weighted by atomic mass is 35.5. The van der Waals surface area contributed by atoms with E-state index in [2.05, 4.69) is 26.7 Å². The van der Waals surface area contributed by atoms with Crippen molar-refractivity contribution >= 4 is 34.7 Å². The van der Waals surface area contributed by atoms with Crippen LogP contribution in [0.5, 0.6) is 0 Å². The Balaban J connectivity index is 1.88. The molecule has 3 aromatic heterocycles. The number of aromatic nitrogens is 4. The molecule has 0 radical (unpaired) electrons. The van der Waals surface area contributed by atoms with Crippen molar-refractivity contribution in [1.29, 1.82) is 0 Å². The normalized spacial score (nSPS) is 17.0. The van der Waals surface area contributed by atoms with E-state index in [1.807, 2.05) is 18.4 Å². The van der Waals surface area contributed by atoms with Crippen molar-refractivity contribution < 1.29 is 4.79 Å². The number of rotatable bonds is 2. The predicted octanol–water partition coefficient (Wildman–Crippen LogP) is 3.16. The number of thiophene rings is 1. The lowest BCUT2D eigenvalue weighted by molar-refractivity contribution is -0.116. The minimum atomic E-state index is -0.0287. The van der Waals surface area contributed by atoms with E-state index in [0.29, 0.717) is 23.2 Å². The number of anilines is 1. The molecule has 0 fully saturated rings. The molecular formula is C15H12ClN5OS. The number of fused-ring (bicyclic) bond motifs is 1. The van der Waals surface area contributed by atoms with Gasteiger partial charge in [-0.2, -0.15) is 9.78 Å². The maximum atomic E-state index is 12.2. The molecule has 0 saturated heterocycles. The molecule has 1 aliphatic heterocycles. The van der Waals surface area contributed by atoms with Crippen LogP contribution in [-0.2, 0) is 4.79 Å². The van der Waals surface area contributed by atoms with Gasteiger partial charge in [0.15, 0.2) is 11.0 Å². The average Bonchev–Trinajstić information content (AvgIpc) is 3.16. The summed E-state index contributed by atoms with van der Waals surface area (Å²) in [6.07, 6.45) is 0.423. The molecule has 8 heteroatoms. The number of nitrogens with zero attached hydrogens (tertiary/aromatic N) is 4. The molecule has 0 saturated carbocycles. The molecule has 1 unspecified atom stereocenters. The fourth-order valence-corrected chi connectivity index (χ4v) is 3.81. The Bertz CT molecular complexity index is 872. The van der Waals surface area contributed by atoms with Crippen molar-refractivity contribution in [2.75, 3.05) is 5.32 Å². The van der Waals surface area contributed by atoms with Crippen LogP contribution >= 0.6 is 22.9 Å². The van der Waals surface area contributed by atoms with E-state index < -0.39 is 0 Å². The van der Waals surface area contributed by atoms with Gasteiger partial charge in [0.25, 0.3) is 0 Å². The third-order valence-corrected chi connectivity index (χ3v) is 5.01. The van der Waals surface area contributed by atoms with Crippen molar-refractivity contribution in [3.8, 4) is 5.82 Å². The molecule has 1 atom stereocenters. The molecule has 0 aliphatic carbocycles. The zero-order valence-corrected chi connectivity index (χ0v) is 13.7. The molecule has 0 aromatic carbocycles. The summed E-state index contributed by atoms with van der Waals surface area (Å²) in [7, 11) is 0. The highest BCUT2D eigenvalue weighted by Gasteiger charge is 2.33. The van der Waals surface area contributed by atoms with Gasteiger partial charge in [0, 0.05) is 22.8 Å². The van der Waals surface area contributed by atoms with Gasteiger partial charge >= 0.3 is 0 Å². The van der Waals surface area contributed by atoms with E-state index in [-0.39, 0.29) is 11.8 Å². The number of carbonyl (C=O) groups excluding carboxylic acids is 1. The zero-order valence-electron chi connectivity index (χ0n) is 12.2. The summed E-state index contributed by atoms with van der Waals surface area (Å²) in [5.41, 5.74) is 1.90. The summed E-state index contributed by atoms with van der Waals surface area (Å²) >= 11 is 7.44. The van der Waals surface area contributed by atoms with Crippen LogP contribution in [0.3, 0.4) is 0 Å². The topological polar surface area (TPSA) is 72.7 Å². The van der Waals surface area contributed by atoms with Gasteiger partial charge in [-0.15, -0.1) is 21.5 Å². The van der Waals surface area contributed by atoms with E-state index in [9.17, 15) is 4.79 Å². The fraction of sp³-hybridized carbons (Fsp3) is 0.200. The van der Waals surface area contributed by atoms with Crippen molar-refractivity contribution in [1.82, 2.24) is 20.0 Å². The summed E-state index contributed by atoms with van der Waals surface area (Å²) in [5, 5.41) is 17.7. The molecule has 1 amide bonds. The van der Waals surface area contributed by atoms with Crippen LogP contribution in [0, 0.1) is 6.92 Å². The first-order valence-corrected chi connectivity index (χ1v) is 8.31. The van der Waals surface area contributed by atoms with E-state index in [0.717, 1.165) is 16.1 Å². The van der Waals surface area contributed by atoms with E-state index in [1.54, 1.807) is 28.2 Å². The second-order valence-corrected chi connectivity index (χ2v) is 6.66. The van der Waals surface area contributed by atoms with Gasteiger partial charge in [0.1, 0.15) is 5.82 Å². The Morgan fingerprint density at radius 3 is 2.91 bits per heavy atom. The molecule has 1 N–H and O–H groups in total. The van der Waals surface area contributed by atoms with Gasteiger partial charge in [-0.05, 0) is 30.5 Å². The molecular weight excluding hydrogens is 334 g/mol. The van der Waals surface area contributed by atoms with Crippen LogP contribution in [0.4, 0.5) is 5.82 Å². The summed E-state index contributed by atoms with van der Waals surface area (Å²) in [5.74, 6) is 1.17. The molecule has 3 aromatic rings. The molecule has 6 nitrogen and oxygen atoms in total. The Morgan fingerprint density at radius 2 is 2.22 bits per heavy atom. The van der Waals surface area contributed by atoms with Crippen molar-refractivity contribution in [3.63, 3.8) is 0 Å². The smallest absolute Gasteiger partial charge is 0.226 e. The molecule has 116 valence electrons.